The Labute approximate surface area is 120 Å². The van der Waals surface area contributed by atoms with E-state index in [0.29, 0.717) is 11.2 Å². The lowest BCUT2D eigenvalue weighted by molar-refractivity contribution is 0.415. The predicted octanol–water partition coefficient (Wildman–Crippen LogP) is 3.28. The number of aromatic amines is 1. The molecule has 4 nitrogen and oxygen atoms in total. The molecule has 0 amide bonds. The molecule has 3 rings (SSSR count). The summed E-state index contributed by atoms with van der Waals surface area (Å²) >= 11 is 1.54. The van der Waals surface area contributed by atoms with E-state index in [1.54, 1.807) is 25.4 Å². The summed E-state index contributed by atoms with van der Waals surface area (Å²) in [5.41, 5.74) is 1.83. The van der Waals surface area contributed by atoms with Gasteiger partial charge in [-0.05, 0) is 31.5 Å². The molecule has 0 radical (unpaired) electrons. The van der Waals surface area contributed by atoms with Crippen molar-refractivity contribution in [2.45, 2.75) is 13.8 Å². The summed E-state index contributed by atoms with van der Waals surface area (Å²) < 4.78 is 5.26. The molecule has 5 heteroatoms. The zero-order valence-electron chi connectivity index (χ0n) is 11.5. The quantitative estimate of drug-likeness (QED) is 0.786. The lowest BCUT2D eigenvalue weighted by Crippen LogP contribution is -2.08. The van der Waals surface area contributed by atoms with Crippen LogP contribution in [0.1, 0.15) is 10.7 Å². The Morgan fingerprint density at radius 3 is 2.85 bits per heavy atom. The number of methoxy groups -OCH3 is 1. The van der Waals surface area contributed by atoms with Gasteiger partial charge in [0.2, 0.25) is 0 Å². The minimum absolute atomic E-state index is 0.0883. The lowest BCUT2D eigenvalue weighted by atomic mass is 10.0. The monoisotopic (exact) mass is 286 g/mol. The Bertz CT molecular complexity index is 849. The fraction of sp³-hybridized carbons (Fsp3) is 0.200. The number of fused-ring (bicyclic) bond motifs is 1. The molecular formula is C15H14N2O2S. The van der Waals surface area contributed by atoms with Crippen molar-refractivity contribution in [1.82, 2.24) is 9.97 Å². The smallest absolute Gasteiger partial charge is 0.260 e. The zero-order valence-corrected chi connectivity index (χ0v) is 12.3. The molecule has 0 aliphatic rings. The minimum Gasteiger partial charge on any atom is -0.497 e. The van der Waals surface area contributed by atoms with Crippen molar-refractivity contribution in [3.8, 4) is 16.9 Å². The molecule has 0 unspecified atom stereocenters. The number of aryl methyl sites for hydroxylation is 2. The molecule has 1 aromatic carbocycles. The normalized spacial score (nSPS) is 10.9. The summed E-state index contributed by atoms with van der Waals surface area (Å²) in [4.78, 5) is 21.3. The summed E-state index contributed by atoms with van der Waals surface area (Å²) in [5, 5.41) is 0.659. The number of hydrogen-bond acceptors (Lipinski definition) is 4. The second-order valence-electron chi connectivity index (χ2n) is 4.60. The van der Waals surface area contributed by atoms with Crippen LogP contribution < -0.4 is 10.3 Å². The Balaban J connectivity index is 2.36. The Morgan fingerprint density at radius 2 is 2.10 bits per heavy atom. The van der Waals surface area contributed by atoms with Crippen LogP contribution >= 0.6 is 11.3 Å². The Morgan fingerprint density at radius 1 is 1.30 bits per heavy atom. The largest absolute Gasteiger partial charge is 0.497 e. The van der Waals surface area contributed by atoms with Gasteiger partial charge in [-0.15, -0.1) is 11.3 Å². The summed E-state index contributed by atoms with van der Waals surface area (Å²) in [5.74, 6) is 1.42. The van der Waals surface area contributed by atoms with Crippen molar-refractivity contribution in [2.75, 3.05) is 7.11 Å². The highest BCUT2D eigenvalue weighted by molar-refractivity contribution is 7.19. The van der Waals surface area contributed by atoms with Crippen LogP contribution in [-0.4, -0.2) is 17.1 Å². The first-order valence-electron chi connectivity index (χ1n) is 6.24. The third-order valence-corrected chi connectivity index (χ3v) is 4.21. The second-order valence-corrected chi connectivity index (χ2v) is 5.80. The van der Waals surface area contributed by atoms with Gasteiger partial charge in [0.15, 0.2) is 0 Å². The number of nitrogens with one attached hydrogen (secondary N) is 1. The Hall–Kier alpha value is -2.14. The van der Waals surface area contributed by atoms with Crippen molar-refractivity contribution in [3.63, 3.8) is 0 Å². The Kier molecular flexibility index (Phi) is 3.06. The van der Waals surface area contributed by atoms with Gasteiger partial charge >= 0.3 is 0 Å². The molecule has 0 fully saturated rings. The van der Waals surface area contributed by atoms with E-state index in [9.17, 15) is 4.79 Å². The molecule has 0 aliphatic carbocycles. The predicted molar refractivity (Wildman–Crippen MR) is 81.7 cm³/mol. The van der Waals surface area contributed by atoms with Crippen molar-refractivity contribution in [2.24, 2.45) is 0 Å². The van der Waals surface area contributed by atoms with E-state index in [-0.39, 0.29) is 5.56 Å². The van der Waals surface area contributed by atoms with E-state index < -0.39 is 0 Å². The maximum Gasteiger partial charge on any atom is 0.260 e. The van der Waals surface area contributed by atoms with Crippen LogP contribution in [0, 0.1) is 13.8 Å². The number of nitrogens with zero attached hydrogens (tertiary/aromatic N) is 1. The summed E-state index contributed by atoms with van der Waals surface area (Å²) in [7, 11) is 1.63. The number of rotatable bonds is 2. The number of hydrogen-bond donors (Lipinski definition) is 1. The van der Waals surface area contributed by atoms with Crippen LogP contribution in [0.4, 0.5) is 0 Å². The van der Waals surface area contributed by atoms with E-state index in [4.69, 9.17) is 4.74 Å². The highest BCUT2D eigenvalue weighted by Crippen LogP contribution is 2.36. The maximum absolute atomic E-state index is 12.2. The molecular weight excluding hydrogens is 272 g/mol. The van der Waals surface area contributed by atoms with Crippen LogP contribution in [0.25, 0.3) is 21.3 Å². The fourth-order valence-corrected chi connectivity index (χ4v) is 3.44. The van der Waals surface area contributed by atoms with Gasteiger partial charge < -0.3 is 9.72 Å². The van der Waals surface area contributed by atoms with Crippen LogP contribution in [0.15, 0.2) is 29.1 Å². The van der Waals surface area contributed by atoms with Gasteiger partial charge in [-0.25, -0.2) is 4.98 Å². The van der Waals surface area contributed by atoms with E-state index in [2.05, 4.69) is 9.97 Å². The topological polar surface area (TPSA) is 55.0 Å². The third-order valence-electron chi connectivity index (χ3n) is 3.21. The van der Waals surface area contributed by atoms with Gasteiger partial charge in [-0.2, -0.15) is 0 Å². The lowest BCUT2D eigenvalue weighted by Gasteiger charge is -2.05. The molecule has 0 saturated carbocycles. The number of thiophene rings is 1. The fourth-order valence-electron chi connectivity index (χ4n) is 2.35. The average Bonchev–Trinajstić information content (AvgIpc) is 2.75. The SMILES string of the molecule is COc1cccc(-c2c(C)sc3nc(C)[nH]c(=O)c23)c1. The first kappa shape index (κ1) is 12.9. The molecule has 102 valence electrons. The van der Waals surface area contributed by atoms with E-state index >= 15 is 0 Å². The second kappa shape index (κ2) is 4.76. The molecule has 0 spiro atoms. The number of ether oxygens (including phenoxy) is 1. The van der Waals surface area contributed by atoms with E-state index in [1.807, 2.05) is 31.2 Å². The highest BCUT2D eigenvalue weighted by atomic mass is 32.1. The van der Waals surface area contributed by atoms with Gasteiger partial charge in [0.1, 0.15) is 16.4 Å². The van der Waals surface area contributed by atoms with Crippen molar-refractivity contribution in [1.29, 1.82) is 0 Å². The standard InChI is InChI=1S/C15H14N2O2S/c1-8-12(10-5-4-6-11(7-10)19-3)13-14(18)16-9(2)17-15(13)20-8/h4-7H,1-3H3,(H,16,17,18). The third kappa shape index (κ3) is 2.00. The van der Waals surface area contributed by atoms with Crippen LogP contribution in [0.5, 0.6) is 5.75 Å². The van der Waals surface area contributed by atoms with Gasteiger partial charge in [0, 0.05) is 10.4 Å². The summed E-state index contributed by atoms with van der Waals surface area (Å²) in [6.45, 7) is 3.80. The zero-order chi connectivity index (χ0) is 14.3. The van der Waals surface area contributed by atoms with Gasteiger partial charge in [0.25, 0.3) is 5.56 Å². The molecule has 0 aliphatic heterocycles. The minimum atomic E-state index is -0.0883. The molecule has 0 bridgehead atoms. The molecule has 0 atom stereocenters. The molecule has 2 aromatic heterocycles. The van der Waals surface area contributed by atoms with Crippen molar-refractivity contribution < 1.29 is 4.74 Å². The van der Waals surface area contributed by atoms with Gasteiger partial charge in [0.05, 0.1) is 12.5 Å². The maximum atomic E-state index is 12.2. The van der Waals surface area contributed by atoms with Crippen molar-refractivity contribution >= 4 is 21.6 Å². The van der Waals surface area contributed by atoms with Crippen LogP contribution in [0.3, 0.4) is 0 Å². The number of benzene rings is 1. The highest BCUT2D eigenvalue weighted by Gasteiger charge is 2.16. The van der Waals surface area contributed by atoms with Gasteiger partial charge in [-0.1, -0.05) is 12.1 Å². The first-order chi connectivity index (χ1) is 9.60. The van der Waals surface area contributed by atoms with Crippen LogP contribution in [0.2, 0.25) is 0 Å². The van der Waals surface area contributed by atoms with E-state index in [0.717, 1.165) is 26.6 Å². The molecule has 3 aromatic rings. The average molecular weight is 286 g/mol. The summed E-state index contributed by atoms with van der Waals surface area (Å²) in [6.07, 6.45) is 0. The number of aromatic nitrogens is 2. The molecule has 20 heavy (non-hydrogen) atoms. The number of H-pyrrole nitrogens is 1. The van der Waals surface area contributed by atoms with Crippen molar-refractivity contribution in [3.05, 3.63) is 45.3 Å². The van der Waals surface area contributed by atoms with Gasteiger partial charge in [-0.3, -0.25) is 4.79 Å². The molecule has 2 heterocycles. The first-order valence-corrected chi connectivity index (χ1v) is 7.06. The van der Waals surface area contributed by atoms with E-state index in [1.165, 1.54) is 0 Å². The van der Waals surface area contributed by atoms with Crippen LogP contribution in [-0.2, 0) is 0 Å². The summed E-state index contributed by atoms with van der Waals surface area (Å²) in [6, 6.07) is 7.73. The molecule has 0 saturated heterocycles. The molecule has 1 N–H and O–H groups in total.